The number of nitrogens with zero attached hydrogens (tertiary/aromatic N) is 1. The fourth-order valence-corrected chi connectivity index (χ4v) is 4.63. The van der Waals surface area contributed by atoms with Gasteiger partial charge in [-0.1, -0.05) is 24.3 Å². The molecule has 5 rings (SSSR count). The first-order valence-corrected chi connectivity index (χ1v) is 10.9. The Morgan fingerprint density at radius 3 is 2.79 bits per heavy atom. The predicted molar refractivity (Wildman–Crippen MR) is 123 cm³/mol. The van der Waals surface area contributed by atoms with E-state index in [1.807, 2.05) is 37.3 Å². The van der Waals surface area contributed by atoms with Gasteiger partial charge < -0.3 is 19.9 Å². The summed E-state index contributed by atoms with van der Waals surface area (Å²) in [6.07, 6.45) is 1.28. The summed E-state index contributed by atoms with van der Waals surface area (Å²) < 4.78 is 21.2. The highest BCUT2D eigenvalue weighted by Crippen LogP contribution is 2.39. The van der Waals surface area contributed by atoms with Crippen LogP contribution in [0.15, 0.2) is 52.9 Å². The van der Waals surface area contributed by atoms with Crippen LogP contribution in [0.25, 0.3) is 33.7 Å². The lowest BCUT2D eigenvalue weighted by Gasteiger charge is -2.13. The molecule has 1 heterocycles. The monoisotopic (exact) mass is 446 g/mol. The number of carboxylic acids is 1. The van der Waals surface area contributed by atoms with Crippen LogP contribution in [-0.2, 0) is 11.2 Å². The molecule has 1 aliphatic carbocycles. The van der Waals surface area contributed by atoms with Gasteiger partial charge in [-0.25, -0.2) is 9.37 Å². The average molecular weight is 446 g/mol. The summed E-state index contributed by atoms with van der Waals surface area (Å²) in [4.78, 5) is 15.4. The zero-order valence-corrected chi connectivity index (χ0v) is 18.1. The molecule has 0 radical (unpaired) electrons. The second-order valence-electron chi connectivity index (χ2n) is 8.34. The van der Waals surface area contributed by atoms with Crippen molar-refractivity contribution >= 4 is 17.1 Å². The normalized spacial score (nSPS) is 15.2. The molecule has 3 N–H and O–H groups in total. The molecule has 0 aliphatic heterocycles. The first kappa shape index (κ1) is 21.2. The first-order valence-electron chi connectivity index (χ1n) is 10.9. The number of hydrogen-bond acceptors (Lipinski definition) is 5. The number of aliphatic carboxylic acids is 1. The van der Waals surface area contributed by atoms with Gasteiger partial charge in [-0.2, -0.15) is 0 Å². The molecule has 0 bridgehead atoms. The first-order chi connectivity index (χ1) is 15.9. The number of aromatic nitrogens is 1. The number of nitrogens with one attached hydrogen (secondary N) is 1. The third kappa shape index (κ3) is 3.85. The van der Waals surface area contributed by atoms with Crippen LogP contribution in [-0.4, -0.2) is 27.7 Å². The number of phenolic OH excluding ortho intramolecular Hbond substituents is 1. The van der Waals surface area contributed by atoms with Crippen molar-refractivity contribution in [1.82, 2.24) is 10.3 Å². The van der Waals surface area contributed by atoms with Crippen LogP contribution in [0.4, 0.5) is 4.39 Å². The average Bonchev–Trinajstić information content (AvgIpc) is 3.39. The summed E-state index contributed by atoms with van der Waals surface area (Å²) in [6.45, 7) is 2.27. The van der Waals surface area contributed by atoms with Crippen LogP contribution in [0.5, 0.6) is 5.75 Å². The number of halogens is 1. The zero-order valence-electron chi connectivity index (χ0n) is 18.1. The summed E-state index contributed by atoms with van der Waals surface area (Å²) >= 11 is 0. The minimum absolute atomic E-state index is 0.0134. The Bertz CT molecular complexity index is 1380. The van der Waals surface area contributed by atoms with Gasteiger partial charge in [0.15, 0.2) is 11.4 Å². The molecule has 7 heteroatoms. The van der Waals surface area contributed by atoms with Crippen molar-refractivity contribution in [2.75, 3.05) is 6.54 Å². The van der Waals surface area contributed by atoms with E-state index in [2.05, 4.69) is 10.3 Å². The molecule has 0 spiro atoms. The van der Waals surface area contributed by atoms with E-state index in [1.54, 1.807) is 18.2 Å². The smallest absolute Gasteiger partial charge is 0.304 e. The van der Waals surface area contributed by atoms with Gasteiger partial charge in [-0.05, 0) is 71.8 Å². The Balaban J connectivity index is 1.53. The molecule has 0 saturated carbocycles. The van der Waals surface area contributed by atoms with E-state index in [4.69, 9.17) is 9.52 Å². The second kappa shape index (κ2) is 8.33. The highest BCUT2D eigenvalue weighted by atomic mass is 19.1. The zero-order chi connectivity index (χ0) is 23.1. The van der Waals surface area contributed by atoms with Crippen molar-refractivity contribution < 1.29 is 23.8 Å². The molecule has 168 valence electrons. The highest BCUT2D eigenvalue weighted by Gasteiger charge is 2.29. The Morgan fingerprint density at radius 1 is 1.21 bits per heavy atom. The number of phenols is 1. The summed E-state index contributed by atoms with van der Waals surface area (Å²) in [6, 6.07) is 14.5. The van der Waals surface area contributed by atoms with E-state index in [1.165, 1.54) is 0 Å². The molecule has 1 aliphatic rings. The number of carbonyl (C=O) groups is 1. The molecular formula is C26H23FN2O4. The Hall–Kier alpha value is -3.71. The number of carboxylic acid groups (broad SMARTS) is 1. The van der Waals surface area contributed by atoms with Gasteiger partial charge in [-0.3, -0.25) is 4.79 Å². The third-order valence-corrected chi connectivity index (χ3v) is 6.27. The minimum atomic E-state index is -0.869. The van der Waals surface area contributed by atoms with E-state index in [9.17, 15) is 9.90 Å². The second-order valence-corrected chi connectivity index (χ2v) is 8.34. The van der Waals surface area contributed by atoms with E-state index in [-0.39, 0.29) is 23.8 Å². The molecule has 0 unspecified atom stereocenters. The molecule has 0 amide bonds. The number of aromatic hydroxyl groups is 1. The standard InChI is InChI=1S/C26H23FN2O4/c1-14-17(15-4-2-5-16(30)12-15)6-3-7-18(14)26-29-22-13-20-19(24(27)25(22)33-26)8-9-21(20)28-11-10-23(31)32/h2-7,12-13,21,28,30H,8-11H2,1H3,(H,31,32)/t21-/m1/s1. The maximum absolute atomic E-state index is 15.3. The molecule has 1 atom stereocenters. The topological polar surface area (TPSA) is 95.6 Å². The van der Waals surface area contributed by atoms with Gasteiger partial charge >= 0.3 is 5.97 Å². The molecule has 1 aromatic heterocycles. The predicted octanol–water partition coefficient (Wildman–Crippen LogP) is 5.37. The van der Waals surface area contributed by atoms with Crippen molar-refractivity contribution in [3.8, 4) is 28.3 Å². The fraction of sp³-hybridized carbons (Fsp3) is 0.231. The van der Waals surface area contributed by atoms with Gasteiger partial charge in [0.25, 0.3) is 0 Å². The van der Waals surface area contributed by atoms with Gasteiger partial charge in [0.05, 0.1) is 6.42 Å². The number of hydrogen-bond donors (Lipinski definition) is 3. The number of rotatable bonds is 6. The molecule has 33 heavy (non-hydrogen) atoms. The van der Waals surface area contributed by atoms with Gasteiger partial charge in [0, 0.05) is 18.2 Å². The summed E-state index contributed by atoms with van der Waals surface area (Å²) in [7, 11) is 0. The number of benzene rings is 3. The van der Waals surface area contributed by atoms with E-state index >= 15 is 4.39 Å². The van der Waals surface area contributed by atoms with Crippen LogP contribution in [0.3, 0.4) is 0 Å². The van der Waals surface area contributed by atoms with Crippen LogP contribution in [0.1, 0.15) is 35.6 Å². The van der Waals surface area contributed by atoms with Crippen molar-refractivity contribution in [3.05, 3.63) is 71.0 Å². The Morgan fingerprint density at radius 2 is 2.00 bits per heavy atom. The van der Waals surface area contributed by atoms with Crippen molar-refractivity contribution in [2.24, 2.45) is 0 Å². The third-order valence-electron chi connectivity index (χ3n) is 6.27. The molecule has 0 saturated heterocycles. The van der Waals surface area contributed by atoms with Crippen molar-refractivity contribution in [3.63, 3.8) is 0 Å². The quantitative estimate of drug-likeness (QED) is 0.369. The molecule has 3 aromatic carbocycles. The van der Waals surface area contributed by atoms with E-state index < -0.39 is 11.8 Å². The fourth-order valence-electron chi connectivity index (χ4n) is 4.63. The van der Waals surface area contributed by atoms with E-state index in [0.29, 0.717) is 36.4 Å². The van der Waals surface area contributed by atoms with Crippen LogP contribution >= 0.6 is 0 Å². The molecule has 6 nitrogen and oxygen atoms in total. The molecule has 0 fully saturated rings. The van der Waals surface area contributed by atoms with E-state index in [0.717, 1.165) is 27.8 Å². The summed E-state index contributed by atoms with van der Waals surface area (Å²) in [5.74, 6) is -0.748. The Labute approximate surface area is 189 Å². The molecular weight excluding hydrogens is 423 g/mol. The van der Waals surface area contributed by atoms with Crippen molar-refractivity contribution in [1.29, 1.82) is 0 Å². The largest absolute Gasteiger partial charge is 0.508 e. The lowest BCUT2D eigenvalue weighted by atomic mass is 9.96. The number of oxazole rings is 1. The Kier molecular flexibility index (Phi) is 5.34. The van der Waals surface area contributed by atoms with Crippen LogP contribution in [0.2, 0.25) is 0 Å². The summed E-state index contributed by atoms with van der Waals surface area (Å²) in [5.41, 5.74) is 5.45. The van der Waals surface area contributed by atoms with Gasteiger partial charge in [0.1, 0.15) is 11.3 Å². The highest BCUT2D eigenvalue weighted by molar-refractivity contribution is 5.82. The van der Waals surface area contributed by atoms with Gasteiger partial charge in [0.2, 0.25) is 5.89 Å². The lowest BCUT2D eigenvalue weighted by Crippen LogP contribution is -2.22. The number of fused-ring (bicyclic) bond motifs is 2. The van der Waals surface area contributed by atoms with Crippen LogP contribution < -0.4 is 5.32 Å². The van der Waals surface area contributed by atoms with Crippen LogP contribution in [0, 0.1) is 12.7 Å². The minimum Gasteiger partial charge on any atom is -0.508 e. The van der Waals surface area contributed by atoms with Gasteiger partial charge in [-0.15, -0.1) is 0 Å². The SMILES string of the molecule is Cc1c(-c2cccc(O)c2)cccc1-c1nc2cc3c(c(F)c2o1)CC[C@H]3NCCC(=O)O. The molecule has 4 aromatic rings. The lowest BCUT2D eigenvalue weighted by molar-refractivity contribution is -0.136. The maximum atomic E-state index is 15.3. The maximum Gasteiger partial charge on any atom is 0.304 e. The summed E-state index contributed by atoms with van der Waals surface area (Å²) in [5, 5.41) is 21.9. The van der Waals surface area contributed by atoms with Crippen molar-refractivity contribution in [2.45, 2.75) is 32.2 Å².